The Balaban J connectivity index is 2.18. The minimum atomic E-state index is -0.260. The highest BCUT2D eigenvalue weighted by molar-refractivity contribution is 5.82. The Bertz CT molecular complexity index is 631. The maximum Gasteiger partial charge on any atom is 0.225 e. The molecular formula is C21H27NO. The summed E-state index contributed by atoms with van der Waals surface area (Å²) in [6.07, 6.45) is 5.09. The summed E-state index contributed by atoms with van der Waals surface area (Å²) < 4.78 is 0. The van der Waals surface area contributed by atoms with E-state index < -0.39 is 0 Å². The van der Waals surface area contributed by atoms with Gasteiger partial charge < -0.3 is 5.73 Å². The number of benzene rings is 2. The lowest BCUT2D eigenvalue weighted by Gasteiger charge is -2.15. The van der Waals surface area contributed by atoms with Crippen molar-refractivity contribution in [3.63, 3.8) is 0 Å². The zero-order chi connectivity index (χ0) is 16.7. The topological polar surface area (TPSA) is 43.1 Å². The van der Waals surface area contributed by atoms with Crippen molar-refractivity contribution < 1.29 is 4.79 Å². The number of hydrogen-bond acceptors (Lipinski definition) is 1. The summed E-state index contributed by atoms with van der Waals surface area (Å²) in [5, 5.41) is 0. The van der Waals surface area contributed by atoms with Crippen LogP contribution in [0.2, 0.25) is 0 Å². The van der Waals surface area contributed by atoms with E-state index in [0.717, 1.165) is 24.0 Å². The molecule has 0 aliphatic rings. The van der Waals surface area contributed by atoms with Crippen LogP contribution >= 0.6 is 0 Å². The normalized spacial score (nSPS) is 12.1. The van der Waals surface area contributed by atoms with Crippen molar-refractivity contribution in [2.75, 3.05) is 0 Å². The van der Waals surface area contributed by atoms with Gasteiger partial charge in [0.05, 0.1) is 5.92 Å². The molecule has 0 aliphatic heterocycles. The summed E-state index contributed by atoms with van der Waals surface area (Å²) in [6, 6.07) is 16.8. The van der Waals surface area contributed by atoms with Crippen LogP contribution in [0.4, 0.5) is 0 Å². The second-order valence-corrected chi connectivity index (χ2v) is 6.18. The summed E-state index contributed by atoms with van der Waals surface area (Å²) in [5.74, 6) is -0.513. The van der Waals surface area contributed by atoms with E-state index >= 15 is 0 Å². The summed E-state index contributed by atoms with van der Waals surface area (Å²) in [7, 11) is 0. The lowest BCUT2D eigenvalue weighted by Crippen LogP contribution is -2.23. The van der Waals surface area contributed by atoms with Crippen LogP contribution in [-0.2, 0) is 24.1 Å². The molecule has 122 valence electrons. The SMILES string of the molecule is CCCCc1cccc(C(Cc2ccc(CC)cc2)C(N)=O)c1. The molecule has 1 amide bonds. The van der Waals surface area contributed by atoms with Crippen LogP contribution in [0.15, 0.2) is 48.5 Å². The Morgan fingerprint density at radius 3 is 2.30 bits per heavy atom. The number of amides is 1. The fourth-order valence-electron chi connectivity index (χ4n) is 2.88. The van der Waals surface area contributed by atoms with Gasteiger partial charge in [-0.05, 0) is 47.9 Å². The van der Waals surface area contributed by atoms with Gasteiger partial charge in [0.2, 0.25) is 5.91 Å². The van der Waals surface area contributed by atoms with Gasteiger partial charge in [-0.3, -0.25) is 4.79 Å². The molecule has 2 aromatic rings. The van der Waals surface area contributed by atoms with Gasteiger partial charge in [0, 0.05) is 0 Å². The predicted octanol–water partition coefficient (Wildman–Crippen LogP) is 4.40. The number of aryl methyl sites for hydroxylation is 2. The van der Waals surface area contributed by atoms with Crippen LogP contribution in [0.5, 0.6) is 0 Å². The first-order valence-corrected chi connectivity index (χ1v) is 8.60. The molecule has 0 aliphatic carbocycles. The number of hydrogen-bond donors (Lipinski definition) is 1. The lowest BCUT2D eigenvalue weighted by atomic mass is 9.89. The molecule has 23 heavy (non-hydrogen) atoms. The van der Waals surface area contributed by atoms with Crippen molar-refractivity contribution in [1.82, 2.24) is 0 Å². The molecule has 0 radical (unpaired) electrons. The third-order valence-corrected chi connectivity index (χ3v) is 4.39. The van der Waals surface area contributed by atoms with E-state index in [0.29, 0.717) is 6.42 Å². The van der Waals surface area contributed by atoms with Crippen LogP contribution in [-0.4, -0.2) is 5.91 Å². The predicted molar refractivity (Wildman–Crippen MR) is 96.5 cm³/mol. The van der Waals surface area contributed by atoms with Gasteiger partial charge >= 0.3 is 0 Å². The van der Waals surface area contributed by atoms with Crippen molar-refractivity contribution in [2.45, 2.75) is 51.9 Å². The van der Waals surface area contributed by atoms with Gasteiger partial charge in [0.25, 0.3) is 0 Å². The number of rotatable bonds is 8. The zero-order valence-electron chi connectivity index (χ0n) is 14.2. The molecule has 1 unspecified atom stereocenters. The van der Waals surface area contributed by atoms with E-state index in [-0.39, 0.29) is 11.8 Å². The minimum Gasteiger partial charge on any atom is -0.369 e. The fourth-order valence-corrected chi connectivity index (χ4v) is 2.88. The second-order valence-electron chi connectivity index (χ2n) is 6.18. The molecule has 2 aromatic carbocycles. The van der Waals surface area contributed by atoms with Crippen LogP contribution < -0.4 is 5.73 Å². The first kappa shape index (κ1) is 17.3. The number of unbranched alkanes of at least 4 members (excludes halogenated alkanes) is 1. The molecule has 2 N–H and O–H groups in total. The highest BCUT2D eigenvalue weighted by Crippen LogP contribution is 2.23. The van der Waals surface area contributed by atoms with Crippen LogP contribution in [0.3, 0.4) is 0 Å². The molecule has 0 spiro atoms. The van der Waals surface area contributed by atoms with Crippen molar-refractivity contribution in [3.05, 3.63) is 70.8 Å². The Kier molecular flexibility index (Phi) is 6.40. The van der Waals surface area contributed by atoms with E-state index in [9.17, 15) is 4.79 Å². The van der Waals surface area contributed by atoms with E-state index in [4.69, 9.17) is 5.73 Å². The van der Waals surface area contributed by atoms with Crippen LogP contribution in [0, 0.1) is 0 Å². The molecule has 0 saturated carbocycles. The molecule has 0 fully saturated rings. The van der Waals surface area contributed by atoms with Gasteiger partial charge in [0.15, 0.2) is 0 Å². The molecule has 0 heterocycles. The molecule has 1 atom stereocenters. The number of carbonyl (C=O) groups is 1. The van der Waals surface area contributed by atoms with E-state index in [1.807, 2.05) is 12.1 Å². The van der Waals surface area contributed by atoms with Crippen molar-refractivity contribution in [1.29, 1.82) is 0 Å². The molecule has 2 rings (SSSR count). The lowest BCUT2D eigenvalue weighted by molar-refractivity contribution is -0.119. The maximum atomic E-state index is 12.0. The molecule has 0 aromatic heterocycles. The maximum absolute atomic E-state index is 12.0. The summed E-state index contributed by atoms with van der Waals surface area (Å²) in [5.41, 5.74) is 10.5. The summed E-state index contributed by atoms with van der Waals surface area (Å²) in [4.78, 5) is 12.0. The van der Waals surface area contributed by atoms with Crippen molar-refractivity contribution >= 4 is 5.91 Å². The summed E-state index contributed by atoms with van der Waals surface area (Å²) >= 11 is 0. The molecule has 2 nitrogen and oxygen atoms in total. The van der Waals surface area contributed by atoms with E-state index in [2.05, 4.69) is 50.2 Å². The molecule has 2 heteroatoms. The van der Waals surface area contributed by atoms with Gasteiger partial charge in [-0.25, -0.2) is 0 Å². The molecule has 0 bridgehead atoms. The minimum absolute atomic E-state index is 0.253. The third-order valence-electron chi connectivity index (χ3n) is 4.39. The highest BCUT2D eigenvalue weighted by atomic mass is 16.1. The number of primary amides is 1. The third kappa shape index (κ3) is 4.95. The Hall–Kier alpha value is -2.09. The average Bonchev–Trinajstić information content (AvgIpc) is 2.58. The second kappa shape index (κ2) is 8.52. The highest BCUT2D eigenvalue weighted by Gasteiger charge is 2.18. The fraction of sp³-hybridized carbons (Fsp3) is 0.381. The molecule has 0 saturated heterocycles. The van der Waals surface area contributed by atoms with Gasteiger partial charge in [-0.1, -0.05) is 68.8 Å². The first-order chi connectivity index (χ1) is 11.1. The number of nitrogens with two attached hydrogens (primary N) is 1. The van der Waals surface area contributed by atoms with Crippen LogP contribution in [0.25, 0.3) is 0 Å². The monoisotopic (exact) mass is 309 g/mol. The molecular weight excluding hydrogens is 282 g/mol. The van der Waals surface area contributed by atoms with Gasteiger partial charge in [-0.2, -0.15) is 0 Å². The average molecular weight is 309 g/mol. The smallest absolute Gasteiger partial charge is 0.225 e. The van der Waals surface area contributed by atoms with Gasteiger partial charge in [0.1, 0.15) is 0 Å². The van der Waals surface area contributed by atoms with E-state index in [1.54, 1.807) is 0 Å². The zero-order valence-corrected chi connectivity index (χ0v) is 14.2. The quantitative estimate of drug-likeness (QED) is 0.771. The summed E-state index contributed by atoms with van der Waals surface area (Å²) in [6.45, 7) is 4.33. The van der Waals surface area contributed by atoms with Crippen molar-refractivity contribution in [3.8, 4) is 0 Å². The van der Waals surface area contributed by atoms with E-state index in [1.165, 1.54) is 24.0 Å². The first-order valence-electron chi connectivity index (χ1n) is 8.60. The number of carbonyl (C=O) groups excluding carboxylic acids is 1. The van der Waals surface area contributed by atoms with Gasteiger partial charge in [-0.15, -0.1) is 0 Å². The van der Waals surface area contributed by atoms with Crippen molar-refractivity contribution in [2.24, 2.45) is 5.73 Å². The van der Waals surface area contributed by atoms with Crippen LogP contribution in [0.1, 0.15) is 54.9 Å². The Labute approximate surface area is 139 Å². The standard InChI is InChI=1S/C21H27NO/c1-3-5-7-17-8-6-9-19(14-17)20(21(22)23)15-18-12-10-16(4-2)11-13-18/h6,8-14,20H,3-5,7,15H2,1-2H3,(H2,22,23). The Morgan fingerprint density at radius 2 is 1.70 bits per heavy atom. The Morgan fingerprint density at radius 1 is 1.00 bits per heavy atom. The largest absolute Gasteiger partial charge is 0.369 e.